The molecule has 0 spiro atoms. The fourth-order valence-electron chi connectivity index (χ4n) is 0.411. The zero-order chi connectivity index (χ0) is 8.85. The number of ether oxygens (including phenoxy) is 1. The Labute approximate surface area is 66.7 Å². The molecule has 1 unspecified atom stereocenters. The zero-order valence-electron chi connectivity index (χ0n) is 7.13. The first kappa shape index (κ1) is 10.2. The summed E-state index contributed by atoms with van der Waals surface area (Å²) in [5.74, 6) is -0.581. The first-order valence-corrected chi connectivity index (χ1v) is 3.52. The van der Waals surface area contributed by atoms with E-state index in [-0.39, 0.29) is 6.61 Å². The van der Waals surface area contributed by atoms with E-state index in [1.807, 2.05) is 13.8 Å². The first-order chi connectivity index (χ1) is 5.04. The molecule has 0 bridgehead atoms. The third kappa shape index (κ3) is 5.61. The van der Waals surface area contributed by atoms with Gasteiger partial charge in [-0.15, -0.1) is 0 Å². The minimum absolute atomic E-state index is 0.242. The summed E-state index contributed by atoms with van der Waals surface area (Å²) in [7, 11) is 0. The van der Waals surface area contributed by atoms with Crippen molar-refractivity contribution in [2.45, 2.75) is 26.9 Å². The topological polar surface area (TPSA) is 46.5 Å². The van der Waals surface area contributed by atoms with E-state index in [0.717, 1.165) is 5.57 Å². The number of carbonyl (C=O) groups excluding carboxylic acids is 1. The second kappa shape index (κ2) is 4.91. The maximum Gasteiger partial charge on any atom is 0.334 e. The molecule has 64 valence electrons. The van der Waals surface area contributed by atoms with Gasteiger partial charge in [0.1, 0.15) is 12.7 Å². The number of allylic oxidation sites excluding steroid dienone is 1. The van der Waals surface area contributed by atoms with Gasteiger partial charge in [-0.05, 0) is 26.8 Å². The molecule has 0 aromatic heterocycles. The molecule has 1 N–H and O–H groups in total. The van der Waals surface area contributed by atoms with E-state index < -0.39 is 12.1 Å². The molecule has 0 saturated heterocycles. The maximum absolute atomic E-state index is 10.6. The largest absolute Gasteiger partial charge is 0.460 e. The standard InChI is InChI=1S/C8H14O3/c1-6(2)4-5-11-8(10)7(3)9/h4,7,9H,5H2,1-3H3. The van der Waals surface area contributed by atoms with Gasteiger partial charge < -0.3 is 9.84 Å². The lowest BCUT2D eigenvalue weighted by molar-refractivity contribution is -0.151. The van der Waals surface area contributed by atoms with Crippen LogP contribution in [0.2, 0.25) is 0 Å². The molecule has 0 aromatic rings. The highest BCUT2D eigenvalue weighted by atomic mass is 16.5. The molecule has 0 fully saturated rings. The van der Waals surface area contributed by atoms with Crippen molar-refractivity contribution in [1.29, 1.82) is 0 Å². The van der Waals surface area contributed by atoms with Gasteiger partial charge in [-0.1, -0.05) is 5.57 Å². The van der Waals surface area contributed by atoms with Gasteiger partial charge in [0.2, 0.25) is 0 Å². The monoisotopic (exact) mass is 158 g/mol. The summed E-state index contributed by atoms with van der Waals surface area (Å²) in [6.45, 7) is 5.45. The van der Waals surface area contributed by atoms with E-state index in [1.54, 1.807) is 6.08 Å². The average molecular weight is 158 g/mol. The summed E-state index contributed by atoms with van der Waals surface area (Å²) in [6.07, 6.45) is 0.751. The summed E-state index contributed by atoms with van der Waals surface area (Å²) < 4.78 is 4.65. The van der Waals surface area contributed by atoms with Gasteiger partial charge in [-0.25, -0.2) is 4.79 Å². The Bertz CT molecular complexity index is 155. The molecule has 0 amide bonds. The molecule has 3 heteroatoms. The minimum atomic E-state index is -1.03. The van der Waals surface area contributed by atoms with Gasteiger partial charge in [-0.2, -0.15) is 0 Å². The third-order valence-electron chi connectivity index (χ3n) is 1.06. The highest BCUT2D eigenvalue weighted by Gasteiger charge is 2.07. The van der Waals surface area contributed by atoms with Gasteiger partial charge >= 0.3 is 5.97 Å². The van der Waals surface area contributed by atoms with Crippen LogP contribution in [0.4, 0.5) is 0 Å². The van der Waals surface area contributed by atoms with Gasteiger partial charge in [-0.3, -0.25) is 0 Å². The van der Waals surface area contributed by atoms with Crippen LogP contribution in [-0.4, -0.2) is 23.8 Å². The summed E-state index contributed by atoms with van der Waals surface area (Å²) in [5.41, 5.74) is 1.09. The van der Waals surface area contributed by atoms with Crippen LogP contribution in [0.3, 0.4) is 0 Å². The number of aliphatic hydroxyl groups excluding tert-OH is 1. The van der Waals surface area contributed by atoms with Crippen LogP contribution >= 0.6 is 0 Å². The van der Waals surface area contributed by atoms with Crippen molar-refractivity contribution in [1.82, 2.24) is 0 Å². The molecule has 3 nitrogen and oxygen atoms in total. The fraction of sp³-hybridized carbons (Fsp3) is 0.625. The van der Waals surface area contributed by atoms with E-state index in [1.165, 1.54) is 6.92 Å². The maximum atomic E-state index is 10.6. The average Bonchev–Trinajstić information content (AvgIpc) is 1.86. The first-order valence-electron chi connectivity index (χ1n) is 3.52. The number of rotatable bonds is 3. The van der Waals surface area contributed by atoms with Crippen molar-refractivity contribution in [3.05, 3.63) is 11.6 Å². The smallest absolute Gasteiger partial charge is 0.334 e. The number of hydrogen-bond acceptors (Lipinski definition) is 3. The second-order valence-corrected chi connectivity index (χ2v) is 2.59. The van der Waals surface area contributed by atoms with Crippen molar-refractivity contribution in [3.63, 3.8) is 0 Å². The van der Waals surface area contributed by atoms with Gasteiger partial charge in [0.05, 0.1) is 0 Å². The van der Waals surface area contributed by atoms with Crippen molar-refractivity contribution < 1.29 is 14.6 Å². The SMILES string of the molecule is CC(C)=CCOC(=O)C(C)O. The van der Waals surface area contributed by atoms with E-state index in [0.29, 0.717) is 0 Å². The lowest BCUT2D eigenvalue weighted by Crippen LogP contribution is -2.19. The number of hydrogen-bond donors (Lipinski definition) is 1. The molecule has 0 aliphatic rings. The lowest BCUT2D eigenvalue weighted by atomic mass is 10.3. The Morgan fingerprint density at radius 1 is 1.64 bits per heavy atom. The second-order valence-electron chi connectivity index (χ2n) is 2.59. The van der Waals surface area contributed by atoms with Crippen LogP contribution in [0.1, 0.15) is 20.8 Å². The molecular formula is C8H14O3. The Kier molecular flexibility index (Phi) is 4.54. The highest BCUT2D eigenvalue weighted by Crippen LogP contribution is 1.91. The molecular weight excluding hydrogens is 144 g/mol. The van der Waals surface area contributed by atoms with Gasteiger partial charge in [0, 0.05) is 0 Å². The van der Waals surface area contributed by atoms with Crippen molar-refractivity contribution in [2.75, 3.05) is 6.61 Å². The van der Waals surface area contributed by atoms with E-state index in [2.05, 4.69) is 4.74 Å². The summed E-state index contributed by atoms with van der Waals surface area (Å²) in [4.78, 5) is 10.6. The summed E-state index contributed by atoms with van der Waals surface area (Å²) >= 11 is 0. The summed E-state index contributed by atoms with van der Waals surface area (Å²) in [5, 5.41) is 8.69. The number of carbonyl (C=O) groups is 1. The molecule has 0 radical (unpaired) electrons. The normalized spacial score (nSPS) is 12.0. The summed E-state index contributed by atoms with van der Waals surface area (Å²) in [6, 6.07) is 0. The lowest BCUT2D eigenvalue weighted by Gasteiger charge is -2.03. The minimum Gasteiger partial charge on any atom is -0.460 e. The van der Waals surface area contributed by atoms with Gasteiger partial charge in [0.25, 0.3) is 0 Å². The predicted molar refractivity (Wildman–Crippen MR) is 42.1 cm³/mol. The molecule has 0 aliphatic carbocycles. The van der Waals surface area contributed by atoms with Gasteiger partial charge in [0.15, 0.2) is 0 Å². The molecule has 0 heterocycles. The van der Waals surface area contributed by atoms with Crippen LogP contribution in [-0.2, 0) is 9.53 Å². The molecule has 0 saturated carbocycles. The Balaban J connectivity index is 3.56. The molecule has 0 aliphatic heterocycles. The zero-order valence-corrected chi connectivity index (χ0v) is 7.13. The van der Waals surface area contributed by atoms with Crippen LogP contribution in [0.15, 0.2) is 11.6 Å². The van der Waals surface area contributed by atoms with E-state index in [4.69, 9.17) is 5.11 Å². The van der Waals surface area contributed by atoms with E-state index >= 15 is 0 Å². The molecule has 11 heavy (non-hydrogen) atoms. The van der Waals surface area contributed by atoms with Crippen molar-refractivity contribution in [3.8, 4) is 0 Å². The number of aliphatic hydroxyl groups is 1. The van der Waals surface area contributed by atoms with Crippen LogP contribution in [0.25, 0.3) is 0 Å². The molecule has 0 aromatic carbocycles. The van der Waals surface area contributed by atoms with Crippen molar-refractivity contribution >= 4 is 5.97 Å². The highest BCUT2D eigenvalue weighted by molar-refractivity contribution is 5.73. The van der Waals surface area contributed by atoms with Crippen LogP contribution < -0.4 is 0 Å². The third-order valence-corrected chi connectivity index (χ3v) is 1.06. The van der Waals surface area contributed by atoms with E-state index in [9.17, 15) is 4.79 Å². The van der Waals surface area contributed by atoms with Crippen LogP contribution in [0, 0.1) is 0 Å². The van der Waals surface area contributed by atoms with Crippen molar-refractivity contribution in [2.24, 2.45) is 0 Å². The quantitative estimate of drug-likeness (QED) is 0.490. The van der Waals surface area contributed by atoms with Crippen LogP contribution in [0.5, 0.6) is 0 Å². The fourth-order valence-corrected chi connectivity index (χ4v) is 0.411. The number of esters is 1. The molecule has 0 rings (SSSR count). The Hall–Kier alpha value is -0.830. The Morgan fingerprint density at radius 2 is 2.18 bits per heavy atom. The predicted octanol–water partition coefficient (Wildman–Crippen LogP) is 0.877. The molecule has 1 atom stereocenters. The Morgan fingerprint density at radius 3 is 2.55 bits per heavy atom.